The lowest BCUT2D eigenvalue weighted by Crippen LogP contribution is -2.41. The molecule has 1 heterocycles. The highest BCUT2D eigenvalue weighted by Crippen LogP contribution is 2.22. The largest absolute Gasteiger partial charge is 0.459 e. The molecule has 0 saturated heterocycles. The van der Waals surface area contributed by atoms with Gasteiger partial charge in [-0.15, -0.1) is 0 Å². The molecule has 0 aliphatic heterocycles. The molecule has 0 fully saturated rings. The smallest absolute Gasteiger partial charge is 0.305 e. The van der Waals surface area contributed by atoms with Crippen LogP contribution < -0.4 is 15.6 Å². The average molecular weight is 358 g/mol. The van der Waals surface area contributed by atoms with Gasteiger partial charge in [-0.1, -0.05) is 11.6 Å². The molecule has 122 valence electrons. The Labute approximate surface area is 136 Å². The first-order valence-corrected chi connectivity index (χ1v) is 8.08. The Bertz CT molecular complexity index is 833. The number of carbonyl (C=O) groups is 2. The summed E-state index contributed by atoms with van der Waals surface area (Å²) in [6.07, 6.45) is 1.31. The fourth-order valence-electron chi connectivity index (χ4n) is 1.62. The van der Waals surface area contributed by atoms with Gasteiger partial charge in [0, 0.05) is 5.56 Å². The van der Waals surface area contributed by atoms with Crippen molar-refractivity contribution >= 4 is 33.4 Å². The van der Waals surface area contributed by atoms with E-state index in [1.807, 2.05) is 0 Å². The fraction of sp³-hybridized carbons (Fsp3) is 0.0769. The van der Waals surface area contributed by atoms with Gasteiger partial charge in [-0.05, 0) is 37.4 Å². The molecule has 0 atom stereocenters. The first kappa shape index (κ1) is 17.0. The van der Waals surface area contributed by atoms with Crippen LogP contribution in [0.15, 0.2) is 45.9 Å². The van der Waals surface area contributed by atoms with Crippen LogP contribution in [0.3, 0.4) is 0 Å². The quantitative estimate of drug-likeness (QED) is 0.703. The van der Waals surface area contributed by atoms with E-state index in [4.69, 9.17) is 16.0 Å². The second-order valence-electron chi connectivity index (χ2n) is 4.24. The first-order chi connectivity index (χ1) is 10.8. The molecule has 0 radical (unpaired) electrons. The summed E-state index contributed by atoms with van der Waals surface area (Å²) in [6, 6.07) is 6.63. The molecule has 8 nitrogen and oxygen atoms in total. The third-order valence-corrected chi connectivity index (χ3v) is 4.68. The molecule has 1 aromatic heterocycles. The van der Waals surface area contributed by atoms with Crippen LogP contribution in [0, 0.1) is 0 Å². The van der Waals surface area contributed by atoms with Crippen LogP contribution in [0.1, 0.15) is 20.9 Å². The number of carbonyl (C=O) groups excluding carboxylic acids is 2. The molecule has 0 aliphatic carbocycles. The summed E-state index contributed by atoms with van der Waals surface area (Å²) in [5.41, 5.74) is 4.29. The molecule has 0 bridgehead atoms. The van der Waals surface area contributed by atoms with Crippen LogP contribution in [-0.4, -0.2) is 27.3 Å². The van der Waals surface area contributed by atoms with E-state index >= 15 is 0 Å². The predicted molar refractivity (Wildman–Crippen MR) is 81.3 cm³/mol. The summed E-state index contributed by atoms with van der Waals surface area (Å²) in [6.45, 7) is 0. The summed E-state index contributed by atoms with van der Waals surface area (Å²) >= 11 is 5.83. The second kappa shape index (κ2) is 6.82. The summed E-state index contributed by atoms with van der Waals surface area (Å²) in [5, 5.41) is -0.0319. The molecule has 2 rings (SSSR count). The van der Waals surface area contributed by atoms with Crippen molar-refractivity contribution in [2.75, 3.05) is 7.05 Å². The van der Waals surface area contributed by atoms with E-state index in [1.54, 1.807) is 0 Å². The lowest BCUT2D eigenvalue weighted by molar-refractivity contribution is 0.0831. The Kier molecular flexibility index (Phi) is 5.04. The molecule has 3 N–H and O–H groups in total. The molecule has 0 aliphatic rings. The lowest BCUT2D eigenvalue weighted by atomic mass is 10.2. The summed E-state index contributed by atoms with van der Waals surface area (Å²) in [7, 11) is -2.59. The second-order valence-corrected chi connectivity index (χ2v) is 6.50. The number of hydrogen-bond acceptors (Lipinski definition) is 5. The highest BCUT2D eigenvalue weighted by Gasteiger charge is 2.19. The van der Waals surface area contributed by atoms with Crippen LogP contribution in [0.5, 0.6) is 0 Å². The minimum absolute atomic E-state index is 0.00275. The Morgan fingerprint density at radius 3 is 2.43 bits per heavy atom. The normalized spacial score (nSPS) is 11.0. The van der Waals surface area contributed by atoms with E-state index in [0.29, 0.717) is 0 Å². The van der Waals surface area contributed by atoms with Gasteiger partial charge in [0.1, 0.15) is 4.90 Å². The third-order valence-electron chi connectivity index (χ3n) is 2.79. The Morgan fingerprint density at radius 2 is 1.83 bits per heavy atom. The van der Waals surface area contributed by atoms with E-state index in [2.05, 4.69) is 15.6 Å². The van der Waals surface area contributed by atoms with Crippen molar-refractivity contribution in [3.05, 3.63) is 52.9 Å². The minimum atomic E-state index is -3.82. The number of sulfonamides is 1. The van der Waals surface area contributed by atoms with E-state index in [9.17, 15) is 18.0 Å². The number of rotatable bonds is 4. The number of nitrogens with one attached hydrogen (secondary N) is 3. The molecule has 2 amide bonds. The Morgan fingerprint density at radius 1 is 1.13 bits per heavy atom. The summed E-state index contributed by atoms with van der Waals surface area (Å²) in [5.74, 6) is -1.35. The van der Waals surface area contributed by atoms with Gasteiger partial charge in [0.05, 0.1) is 11.3 Å². The molecular formula is C13H12ClN3O5S. The molecule has 1 aromatic carbocycles. The zero-order chi connectivity index (χ0) is 17.0. The van der Waals surface area contributed by atoms with Crippen molar-refractivity contribution in [1.29, 1.82) is 0 Å². The maximum absolute atomic E-state index is 12.0. The fourth-order valence-corrected chi connectivity index (χ4v) is 2.86. The van der Waals surface area contributed by atoms with Crippen molar-refractivity contribution in [2.45, 2.75) is 4.90 Å². The maximum Gasteiger partial charge on any atom is 0.305 e. The molecule has 23 heavy (non-hydrogen) atoms. The minimum Gasteiger partial charge on any atom is -0.459 e. The first-order valence-electron chi connectivity index (χ1n) is 6.22. The van der Waals surface area contributed by atoms with Crippen LogP contribution in [-0.2, 0) is 10.0 Å². The SMILES string of the molecule is CNS(=O)(=O)c1cc(C(=O)NNC(=O)c2ccco2)ccc1Cl. The van der Waals surface area contributed by atoms with Gasteiger partial charge < -0.3 is 4.42 Å². The van der Waals surface area contributed by atoms with Gasteiger partial charge in [-0.25, -0.2) is 13.1 Å². The van der Waals surface area contributed by atoms with Gasteiger partial charge in [0.2, 0.25) is 10.0 Å². The van der Waals surface area contributed by atoms with Crippen LogP contribution >= 0.6 is 11.6 Å². The van der Waals surface area contributed by atoms with E-state index in [-0.39, 0.29) is 21.2 Å². The number of hydrogen-bond donors (Lipinski definition) is 3. The maximum atomic E-state index is 12.0. The average Bonchev–Trinajstić information content (AvgIpc) is 3.07. The zero-order valence-corrected chi connectivity index (χ0v) is 13.4. The van der Waals surface area contributed by atoms with Crippen molar-refractivity contribution in [2.24, 2.45) is 0 Å². The van der Waals surface area contributed by atoms with E-state index in [0.717, 1.165) is 6.07 Å². The zero-order valence-electron chi connectivity index (χ0n) is 11.8. The lowest BCUT2D eigenvalue weighted by Gasteiger charge is -2.09. The topological polar surface area (TPSA) is 118 Å². The highest BCUT2D eigenvalue weighted by molar-refractivity contribution is 7.89. The van der Waals surface area contributed by atoms with Gasteiger partial charge in [-0.3, -0.25) is 20.4 Å². The molecular weight excluding hydrogens is 346 g/mol. The van der Waals surface area contributed by atoms with Gasteiger partial charge in [0.25, 0.3) is 5.91 Å². The van der Waals surface area contributed by atoms with Crippen LogP contribution in [0.25, 0.3) is 0 Å². The van der Waals surface area contributed by atoms with Gasteiger partial charge in [-0.2, -0.15) is 0 Å². The van der Waals surface area contributed by atoms with Crippen molar-refractivity contribution in [3.8, 4) is 0 Å². The standard InChI is InChI=1S/C13H12ClN3O5S/c1-15-23(20,21)11-7-8(4-5-9(11)14)12(18)16-17-13(19)10-3-2-6-22-10/h2-7,15H,1H3,(H,16,18)(H,17,19). The van der Waals surface area contributed by atoms with E-state index < -0.39 is 21.8 Å². The number of hydrazine groups is 1. The van der Waals surface area contributed by atoms with Crippen molar-refractivity contribution in [1.82, 2.24) is 15.6 Å². The monoisotopic (exact) mass is 357 g/mol. The van der Waals surface area contributed by atoms with E-state index in [1.165, 1.54) is 37.6 Å². The summed E-state index contributed by atoms with van der Waals surface area (Å²) < 4.78 is 30.6. The van der Waals surface area contributed by atoms with Crippen LogP contribution in [0.2, 0.25) is 5.02 Å². The Balaban J connectivity index is 2.14. The van der Waals surface area contributed by atoms with Gasteiger partial charge >= 0.3 is 5.91 Å². The van der Waals surface area contributed by atoms with Crippen molar-refractivity contribution in [3.63, 3.8) is 0 Å². The van der Waals surface area contributed by atoms with Crippen molar-refractivity contribution < 1.29 is 22.4 Å². The third kappa shape index (κ3) is 3.89. The Hall–Kier alpha value is -2.36. The molecule has 2 aromatic rings. The highest BCUT2D eigenvalue weighted by atomic mass is 35.5. The van der Waals surface area contributed by atoms with Crippen LogP contribution in [0.4, 0.5) is 0 Å². The molecule has 0 unspecified atom stereocenters. The summed E-state index contributed by atoms with van der Waals surface area (Å²) in [4.78, 5) is 23.4. The number of amides is 2. The molecule has 0 saturated carbocycles. The number of halogens is 1. The predicted octanol–water partition coefficient (Wildman–Crippen LogP) is 0.916. The van der Waals surface area contributed by atoms with Gasteiger partial charge in [0.15, 0.2) is 5.76 Å². The number of furan rings is 1. The number of benzene rings is 1. The molecule has 0 spiro atoms. The molecule has 10 heteroatoms.